The minimum absolute atomic E-state index is 0.144. The molecule has 0 amide bonds. The van der Waals surface area contributed by atoms with Crippen LogP contribution in [0.3, 0.4) is 0 Å². The van der Waals surface area contributed by atoms with Crippen molar-refractivity contribution >= 4 is 77.2 Å². The molecule has 20 heteroatoms. The first-order valence-electron chi connectivity index (χ1n) is 16.5. The van der Waals surface area contributed by atoms with Crippen molar-refractivity contribution in [2.24, 2.45) is 0 Å². The van der Waals surface area contributed by atoms with Crippen LogP contribution in [0.15, 0.2) is 48.5 Å². The molecule has 0 fully saturated rings. The molecule has 0 atom stereocenters. The van der Waals surface area contributed by atoms with Crippen LogP contribution in [-0.4, -0.2) is 7.12 Å². The first kappa shape index (κ1) is 38.8. The van der Waals surface area contributed by atoms with Crippen molar-refractivity contribution in [3.8, 4) is 11.5 Å². The highest BCUT2D eigenvalue weighted by Gasteiger charge is 2.42. The van der Waals surface area contributed by atoms with E-state index in [0.717, 1.165) is 18.2 Å². The lowest BCUT2D eigenvalue weighted by molar-refractivity contribution is 0.405. The summed E-state index contributed by atoms with van der Waals surface area (Å²) in [4.78, 5) is 0. The van der Waals surface area contributed by atoms with Crippen LogP contribution in [-0.2, 0) is 0 Å². The number of halogens is 17. The molecule has 0 heterocycles. The Morgan fingerprint density at radius 1 is 0.317 bits per heavy atom. The summed E-state index contributed by atoms with van der Waals surface area (Å²) in [7, 11) is -3.35. The van der Waals surface area contributed by atoms with Crippen molar-refractivity contribution in [3.63, 3.8) is 0 Å². The molecular formula is C40H8BF17O2. The van der Waals surface area contributed by atoms with Crippen molar-refractivity contribution in [2.45, 2.75) is 0 Å². The van der Waals surface area contributed by atoms with E-state index in [1.807, 2.05) is 0 Å². The van der Waals surface area contributed by atoms with Crippen LogP contribution >= 0.6 is 0 Å². The van der Waals surface area contributed by atoms with Gasteiger partial charge in [-0.3, -0.25) is 0 Å². The number of fused-ring (bicyclic) bond motifs is 3. The maximum absolute atomic E-state index is 16.6. The van der Waals surface area contributed by atoms with E-state index in [4.69, 9.17) is 9.31 Å². The molecule has 0 aliphatic rings. The van der Waals surface area contributed by atoms with Crippen LogP contribution in [0.4, 0.5) is 74.6 Å². The van der Waals surface area contributed by atoms with Crippen LogP contribution < -0.4 is 14.8 Å². The lowest BCUT2D eigenvalue weighted by atomic mass is 9.73. The highest BCUT2D eigenvalue weighted by molar-refractivity contribution is 6.66. The lowest BCUT2D eigenvalue weighted by Crippen LogP contribution is -2.46. The smallest absolute Gasteiger partial charge is 0.521 e. The second-order valence-corrected chi connectivity index (χ2v) is 13.1. The van der Waals surface area contributed by atoms with E-state index in [-0.39, 0.29) is 11.5 Å². The fourth-order valence-electron chi connectivity index (χ4n) is 7.46. The Hall–Kier alpha value is -6.73. The fraction of sp³-hybridized carbons (Fsp3) is 0. The summed E-state index contributed by atoms with van der Waals surface area (Å²) in [5, 5.41) is -15.8. The average molecular weight is 854 g/mol. The van der Waals surface area contributed by atoms with Gasteiger partial charge in [-0.15, -0.1) is 0 Å². The van der Waals surface area contributed by atoms with Crippen molar-refractivity contribution in [1.82, 2.24) is 0 Å². The molecule has 2 nitrogen and oxygen atoms in total. The van der Waals surface area contributed by atoms with Crippen LogP contribution in [0, 0.1) is 98.9 Å². The molecule has 0 N–H and O–H groups in total. The number of benzene rings is 9. The van der Waals surface area contributed by atoms with E-state index in [1.165, 1.54) is 0 Å². The van der Waals surface area contributed by atoms with E-state index >= 15 is 48.3 Å². The van der Waals surface area contributed by atoms with Crippen molar-refractivity contribution in [3.05, 3.63) is 147 Å². The van der Waals surface area contributed by atoms with Gasteiger partial charge in [0.1, 0.15) is 46.4 Å². The van der Waals surface area contributed by atoms with Gasteiger partial charge in [0, 0.05) is 33.0 Å². The van der Waals surface area contributed by atoms with Crippen molar-refractivity contribution in [1.29, 1.82) is 0 Å². The molecule has 60 heavy (non-hydrogen) atoms. The molecule has 0 aliphatic carbocycles. The van der Waals surface area contributed by atoms with Gasteiger partial charge < -0.3 is 9.31 Å². The van der Waals surface area contributed by atoms with Gasteiger partial charge in [-0.1, -0.05) is 12.1 Å². The average Bonchev–Trinajstić information content (AvgIpc) is 3.20. The van der Waals surface area contributed by atoms with E-state index < -0.39 is 182 Å². The van der Waals surface area contributed by atoms with Gasteiger partial charge in [-0.05, 0) is 35.7 Å². The number of hydrogen-bond acceptors (Lipinski definition) is 2. The second-order valence-electron chi connectivity index (χ2n) is 13.1. The van der Waals surface area contributed by atoms with Crippen LogP contribution in [0.25, 0.3) is 64.6 Å². The first-order valence-corrected chi connectivity index (χ1v) is 16.5. The van der Waals surface area contributed by atoms with Crippen LogP contribution in [0.1, 0.15) is 0 Å². The summed E-state index contributed by atoms with van der Waals surface area (Å²) >= 11 is 0. The Kier molecular flexibility index (Phi) is 8.49. The number of hydrogen-bond donors (Lipinski definition) is 0. The van der Waals surface area contributed by atoms with Gasteiger partial charge in [0.05, 0.1) is 37.8 Å². The summed E-state index contributed by atoms with van der Waals surface area (Å²) < 4.78 is 272. The molecule has 302 valence electrons. The van der Waals surface area contributed by atoms with Crippen molar-refractivity contribution in [2.75, 3.05) is 0 Å². The van der Waals surface area contributed by atoms with Gasteiger partial charge >= 0.3 is 7.12 Å². The minimum Gasteiger partial charge on any atom is -0.521 e. The standard InChI is InChI=1S/C40H8BF17O2/c42-10-7-12-16(6-5-13(43)18(12)15(45)8-10)59-41(26-21-23(31(50)36(55)35(26)54)28(47)25-24(27(21)46)32(51)37(56)38(57)33(25)52)60-40-11-3-1-9-2-4-14(44)20-17(9)19(11)22(30(49)29(20)48)34(53)39(40)58/h1-8H. The Morgan fingerprint density at radius 2 is 0.800 bits per heavy atom. The highest BCUT2D eigenvalue weighted by atomic mass is 19.2. The molecule has 0 bridgehead atoms. The molecule has 0 spiro atoms. The normalized spacial score (nSPS) is 12.1. The van der Waals surface area contributed by atoms with Gasteiger partial charge in [0.2, 0.25) is 0 Å². The molecular weight excluding hydrogens is 846 g/mol. The first-order chi connectivity index (χ1) is 28.4. The Balaban J connectivity index is 1.44. The zero-order valence-corrected chi connectivity index (χ0v) is 28.4. The van der Waals surface area contributed by atoms with Gasteiger partial charge in [0.15, 0.2) is 64.0 Å². The Morgan fingerprint density at radius 3 is 1.45 bits per heavy atom. The van der Waals surface area contributed by atoms with Gasteiger partial charge in [-0.25, -0.2) is 70.2 Å². The molecule has 9 rings (SSSR count). The molecule has 0 aliphatic heterocycles. The second kappa shape index (κ2) is 13.1. The molecule has 9 aromatic rings. The van der Waals surface area contributed by atoms with Crippen LogP contribution in [0.2, 0.25) is 0 Å². The SMILES string of the molecule is Fc1cc(F)c2c(F)ccc(OB(Oc3c(F)c(F)c4c(F)c(F)c5c(F)ccc6ccc3c4c65)c3c(F)c(F)c(F)c4c(F)c5c(F)c(F)c(F)c(F)c5c(F)c34)c2c1. The molecule has 0 radical (unpaired) electrons. The van der Waals surface area contributed by atoms with E-state index in [1.54, 1.807) is 0 Å². The maximum atomic E-state index is 16.6. The predicted octanol–water partition coefficient (Wildman–Crippen LogP) is 12.3. The third-order valence-corrected chi connectivity index (χ3v) is 10.0. The zero-order valence-electron chi connectivity index (χ0n) is 28.4. The highest BCUT2D eigenvalue weighted by Crippen LogP contribution is 2.46. The largest absolute Gasteiger partial charge is 0.636 e. The summed E-state index contributed by atoms with van der Waals surface area (Å²) in [5.41, 5.74) is -2.06. The van der Waals surface area contributed by atoms with Gasteiger partial charge in [-0.2, -0.15) is 4.39 Å². The Bertz CT molecular complexity index is 3430. The lowest BCUT2D eigenvalue weighted by Gasteiger charge is -2.23. The van der Waals surface area contributed by atoms with Crippen molar-refractivity contribution < 1.29 is 83.9 Å². The third kappa shape index (κ3) is 5.05. The quantitative estimate of drug-likeness (QED) is 0.0429. The summed E-state index contributed by atoms with van der Waals surface area (Å²) in [6, 6.07) is 4.90. The fourth-order valence-corrected chi connectivity index (χ4v) is 7.46. The maximum Gasteiger partial charge on any atom is 0.636 e. The van der Waals surface area contributed by atoms with E-state index in [9.17, 15) is 26.3 Å². The number of rotatable bonds is 5. The van der Waals surface area contributed by atoms with Gasteiger partial charge in [0.25, 0.3) is 0 Å². The van der Waals surface area contributed by atoms with Crippen LogP contribution in [0.5, 0.6) is 11.5 Å². The third-order valence-electron chi connectivity index (χ3n) is 10.0. The monoisotopic (exact) mass is 854 g/mol. The summed E-state index contributed by atoms with van der Waals surface area (Å²) in [6.07, 6.45) is 0. The topological polar surface area (TPSA) is 18.5 Å². The molecule has 9 aromatic carbocycles. The summed E-state index contributed by atoms with van der Waals surface area (Å²) in [5.74, 6) is -42.0. The minimum atomic E-state index is -3.35. The molecule has 0 saturated heterocycles. The predicted molar refractivity (Wildman–Crippen MR) is 181 cm³/mol. The zero-order chi connectivity index (χ0) is 43.1. The molecule has 0 unspecified atom stereocenters. The van der Waals surface area contributed by atoms with E-state index in [2.05, 4.69) is 0 Å². The molecule has 0 saturated carbocycles. The van der Waals surface area contributed by atoms with E-state index in [0.29, 0.717) is 24.3 Å². The summed E-state index contributed by atoms with van der Waals surface area (Å²) in [6.45, 7) is 0. The molecule has 0 aromatic heterocycles. The Labute approximate surface area is 320 Å².